The minimum atomic E-state index is -3.69. The molecule has 0 saturated carbocycles. The van der Waals surface area contributed by atoms with Gasteiger partial charge >= 0.3 is 0 Å². The third kappa shape index (κ3) is 4.27. The van der Waals surface area contributed by atoms with E-state index in [2.05, 4.69) is 0 Å². The zero-order valence-electron chi connectivity index (χ0n) is 14.9. The van der Waals surface area contributed by atoms with E-state index in [0.29, 0.717) is 38.2 Å². The number of hydrogen-bond acceptors (Lipinski definition) is 4. The van der Waals surface area contributed by atoms with Crippen molar-refractivity contribution in [3.63, 3.8) is 0 Å². The molecule has 0 bridgehead atoms. The molecule has 0 unspecified atom stereocenters. The maximum Gasteiger partial charge on any atom is 0.243 e. The molecule has 6 nitrogen and oxygen atoms in total. The molecule has 0 aromatic heterocycles. The van der Waals surface area contributed by atoms with E-state index in [9.17, 15) is 13.2 Å². The normalized spacial score (nSPS) is 18.8. The molecule has 0 aliphatic carbocycles. The van der Waals surface area contributed by atoms with E-state index < -0.39 is 10.0 Å². The van der Waals surface area contributed by atoms with Crippen LogP contribution in [0, 0.1) is 5.92 Å². The summed E-state index contributed by atoms with van der Waals surface area (Å²) < 4.78 is 32.3. The zero-order valence-corrected chi connectivity index (χ0v) is 16.4. The molecule has 140 valence electrons. The van der Waals surface area contributed by atoms with E-state index in [0.717, 1.165) is 0 Å². The Kier molecular flexibility index (Phi) is 6.71. The number of carbonyl (C=O) groups excluding carboxylic acids is 1. The lowest BCUT2D eigenvalue weighted by Crippen LogP contribution is -2.46. The first-order valence-electron chi connectivity index (χ1n) is 8.47. The van der Waals surface area contributed by atoms with E-state index in [1.165, 1.54) is 29.6 Å². The number of amides is 1. The van der Waals surface area contributed by atoms with Crippen molar-refractivity contribution in [2.75, 3.05) is 33.3 Å². The van der Waals surface area contributed by atoms with Crippen LogP contribution in [0.5, 0.6) is 5.75 Å². The maximum atomic E-state index is 12.9. The van der Waals surface area contributed by atoms with Crippen LogP contribution in [0.4, 0.5) is 0 Å². The number of carbonyl (C=O) groups is 1. The average Bonchev–Trinajstić information content (AvgIpc) is 2.62. The lowest BCUT2D eigenvalue weighted by Gasteiger charge is -2.33. The molecule has 0 radical (unpaired) electrons. The SMILES string of the molecule is CCN(CC)C(=O)[C@H]1CCCN(S(=O)(=O)c2ccc(OC)c(Cl)c2)C1. The van der Waals surface area contributed by atoms with Crippen LogP contribution in [-0.2, 0) is 14.8 Å². The van der Waals surface area contributed by atoms with Gasteiger partial charge in [0.15, 0.2) is 0 Å². The molecule has 1 saturated heterocycles. The van der Waals surface area contributed by atoms with Crippen LogP contribution in [0.15, 0.2) is 23.1 Å². The number of methoxy groups -OCH3 is 1. The largest absolute Gasteiger partial charge is 0.495 e. The molecule has 25 heavy (non-hydrogen) atoms. The molecule has 8 heteroatoms. The van der Waals surface area contributed by atoms with Crippen LogP contribution in [-0.4, -0.2) is 56.8 Å². The van der Waals surface area contributed by atoms with Gasteiger partial charge in [0.25, 0.3) is 0 Å². The minimum absolute atomic E-state index is 0.0256. The molecule has 1 aromatic carbocycles. The summed E-state index contributed by atoms with van der Waals surface area (Å²) in [5.41, 5.74) is 0. The highest BCUT2D eigenvalue weighted by molar-refractivity contribution is 7.89. The van der Waals surface area contributed by atoms with Gasteiger partial charge in [-0.05, 0) is 44.9 Å². The van der Waals surface area contributed by atoms with Gasteiger partial charge in [-0.3, -0.25) is 4.79 Å². The molecule has 1 aliphatic heterocycles. The fourth-order valence-electron chi connectivity index (χ4n) is 3.11. The van der Waals surface area contributed by atoms with Crippen molar-refractivity contribution in [1.29, 1.82) is 0 Å². The Morgan fingerprint density at radius 2 is 2.04 bits per heavy atom. The molecular formula is C17H25ClN2O4S. The smallest absolute Gasteiger partial charge is 0.243 e. The molecule has 2 rings (SSSR count). The number of benzene rings is 1. The summed E-state index contributed by atoms with van der Waals surface area (Å²) in [7, 11) is -2.22. The van der Waals surface area contributed by atoms with Crippen LogP contribution >= 0.6 is 11.6 Å². The van der Waals surface area contributed by atoms with Crippen LogP contribution in [0.1, 0.15) is 26.7 Å². The van der Waals surface area contributed by atoms with Crippen molar-refractivity contribution in [1.82, 2.24) is 9.21 Å². The van der Waals surface area contributed by atoms with Crippen molar-refractivity contribution < 1.29 is 17.9 Å². The van der Waals surface area contributed by atoms with Gasteiger partial charge in [-0.1, -0.05) is 11.6 Å². The fraction of sp³-hybridized carbons (Fsp3) is 0.588. The van der Waals surface area contributed by atoms with Gasteiger partial charge in [-0.2, -0.15) is 4.31 Å². The molecule has 1 fully saturated rings. The topological polar surface area (TPSA) is 66.9 Å². The van der Waals surface area contributed by atoms with Crippen LogP contribution < -0.4 is 4.74 Å². The van der Waals surface area contributed by atoms with E-state index in [-0.39, 0.29) is 28.3 Å². The number of nitrogens with zero attached hydrogens (tertiary/aromatic N) is 2. The predicted octanol–water partition coefficient (Wildman–Crippen LogP) is 2.62. The first-order valence-corrected chi connectivity index (χ1v) is 10.3. The average molecular weight is 389 g/mol. The Labute approximate surface area is 154 Å². The number of sulfonamides is 1. The Morgan fingerprint density at radius 1 is 1.36 bits per heavy atom. The Balaban J connectivity index is 2.22. The summed E-state index contributed by atoms with van der Waals surface area (Å²) in [5, 5.41) is 0.247. The molecule has 1 heterocycles. The van der Waals surface area contributed by atoms with E-state index in [4.69, 9.17) is 16.3 Å². The summed E-state index contributed by atoms with van der Waals surface area (Å²) in [6, 6.07) is 4.42. The van der Waals surface area contributed by atoms with E-state index in [1.807, 2.05) is 13.8 Å². The lowest BCUT2D eigenvalue weighted by molar-refractivity contribution is -0.136. The third-order valence-corrected chi connectivity index (χ3v) is 6.73. The predicted molar refractivity (Wildman–Crippen MR) is 97.4 cm³/mol. The summed E-state index contributed by atoms with van der Waals surface area (Å²) in [6.07, 6.45) is 1.38. The number of ether oxygens (including phenoxy) is 1. The van der Waals surface area contributed by atoms with Gasteiger partial charge in [0.1, 0.15) is 5.75 Å². The second-order valence-corrected chi connectivity index (χ2v) is 8.35. The van der Waals surface area contributed by atoms with Gasteiger partial charge in [0.2, 0.25) is 15.9 Å². The highest BCUT2D eigenvalue weighted by atomic mass is 35.5. The molecule has 1 aromatic rings. The number of piperidine rings is 1. The van der Waals surface area contributed by atoms with Crippen molar-refractivity contribution in [3.05, 3.63) is 23.2 Å². The highest BCUT2D eigenvalue weighted by Gasteiger charge is 2.34. The highest BCUT2D eigenvalue weighted by Crippen LogP contribution is 2.30. The van der Waals surface area contributed by atoms with Crippen molar-refractivity contribution in [3.8, 4) is 5.75 Å². The summed E-state index contributed by atoms with van der Waals surface area (Å²) in [5.74, 6) is 0.156. The second kappa shape index (κ2) is 8.38. The van der Waals surface area contributed by atoms with Crippen molar-refractivity contribution >= 4 is 27.5 Å². The monoisotopic (exact) mass is 388 g/mol. The molecular weight excluding hydrogens is 364 g/mol. The first kappa shape index (κ1) is 20.0. The molecule has 0 spiro atoms. The van der Waals surface area contributed by atoms with Gasteiger partial charge in [-0.15, -0.1) is 0 Å². The Morgan fingerprint density at radius 3 is 2.60 bits per heavy atom. The molecule has 1 aliphatic rings. The maximum absolute atomic E-state index is 12.9. The van der Waals surface area contributed by atoms with Crippen LogP contribution in [0.2, 0.25) is 5.02 Å². The lowest BCUT2D eigenvalue weighted by atomic mass is 9.98. The Hall–Kier alpha value is -1.31. The van der Waals surface area contributed by atoms with Crippen LogP contribution in [0.25, 0.3) is 0 Å². The first-order chi connectivity index (χ1) is 11.8. The third-order valence-electron chi connectivity index (χ3n) is 4.57. The quantitative estimate of drug-likeness (QED) is 0.751. The number of hydrogen-bond donors (Lipinski definition) is 0. The van der Waals surface area contributed by atoms with Gasteiger partial charge in [0.05, 0.1) is 22.9 Å². The summed E-state index contributed by atoms with van der Waals surface area (Å²) in [4.78, 5) is 14.4. The van der Waals surface area contributed by atoms with Gasteiger partial charge in [0, 0.05) is 26.2 Å². The standard InChI is InChI=1S/C17H25ClN2O4S/c1-4-19(5-2)17(21)13-7-6-10-20(12-13)25(22,23)14-8-9-16(24-3)15(18)11-14/h8-9,11,13H,4-7,10,12H2,1-3H3/t13-/m0/s1. The number of rotatable bonds is 6. The summed E-state index contributed by atoms with van der Waals surface area (Å²) in [6.45, 7) is 5.74. The van der Waals surface area contributed by atoms with E-state index >= 15 is 0 Å². The van der Waals surface area contributed by atoms with Crippen molar-refractivity contribution in [2.24, 2.45) is 5.92 Å². The fourth-order valence-corrected chi connectivity index (χ4v) is 4.99. The summed E-state index contributed by atoms with van der Waals surface area (Å²) >= 11 is 6.06. The zero-order chi connectivity index (χ0) is 18.6. The van der Waals surface area contributed by atoms with Gasteiger partial charge < -0.3 is 9.64 Å². The number of halogens is 1. The van der Waals surface area contributed by atoms with Gasteiger partial charge in [-0.25, -0.2) is 8.42 Å². The minimum Gasteiger partial charge on any atom is -0.495 e. The molecule has 1 atom stereocenters. The molecule has 1 amide bonds. The molecule has 0 N–H and O–H groups in total. The second-order valence-electron chi connectivity index (χ2n) is 6.01. The van der Waals surface area contributed by atoms with E-state index in [1.54, 1.807) is 4.90 Å². The Bertz CT molecular complexity index is 719. The van der Waals surface area contributed by atoms with Crippen LogP contribution in [0.3, 0.4) is 0 Å². The van der Waals surface area contributed by atoms with Crippen molar-refractivity contribution in [2.45, 2.75) is 31.6 Å².